The second-order valence-electron chi connectivity index (χ2n) is 2.92. The van der Waals surface area contributed by atoms with Crippen LogP contribution in [0.2, 0.25) is 0 Å². The normalized spacial score (nSPS) is 11.2. The molecular weight excluding hydrogens is 164 g/mol. The van der Waals surface area contributed by atoms with Gasteiger partial charge in [-0.2, -0.15) is 0 Å². The van der Waals surface area contributed by atoms with Crippen molar-refractivity contribution in [3.8, 4) is 0 Å². The second kappa shape index (κ2) is 3.76. The zero-order valence-electron chi connectivity index (χ0n) is 6.88. The number of carbonyl (C=O) groups excluding carboxylic acids is 1. The highest BCUT2D eigenvalue weighted by Crippen LogP contribution is 2.28. The van der Waals surface area contributed by atoms with Crippen LogP contribution < -0.4 is 0 Å². The molecule has 64 valence electrons. The summed E-state index contributed by atoms with van der Waals surface area (Å²) in [5, 5.41) is 8.39. The Balaban J connectivity index is 3.99. The molecule has 3 nitrogen and oxygen atoms in total. The highest BCUT2D eigenvalue weighted by Gasteiger charge is 2.24. The van der Waals surface area contributed by atoms with E-state index in [-0.39, 0.29) is 11.5 Å². The van der Waals surface area contributed by atoms with Crippen molar-refractivity contribution >= 4 is 22.8 Å². The summed E-state index contributed by atoms with van der Waals surface area (Å²) < 4.78 is -0.488. The molecule has 0 fully saturated rings. The van der Waals surface area contributed by atoms with Crippen molar-refractivity contribution in [1.29, 1.82) is 0 Å². The predicted octanol–water partition coefficient (Wildman–Crippen LogP) is 1.52. The van der Waals surface area contributed by atoms with E-state index in [4.69, 9.17) is 5.11 Å². The molecule has 11 heavy (non-hydrogen) atoms. The molecule has 0 saturated heterocycles. The number of carboxylic acids is 1. The van der Waals surface area contributed by atoms with Gasteiger partial charge in [0, 0.05) is 11.7 Å². The third-order valence-electron chi connectivity index (χ3n) is 0.997. The molecular formula is C7H12O3S. The van der Waals surface area contributed by atoms with Gasteiger partial charge in [0.25, 0.3) is 0 Å². The smallest absolute Gasteiger partial charge is 0.304 e. The maximum atomic E-state index is 10.6. The van der Waals surface area contributed by atoms with Crippen LogP contribution in [0, 0.1) is 0 Å². The molecule has 0 aromatic carbocycles. The fourth-order valence-electron chi connectivity index (χ4n) is 0.789. The second-order valence-corrected chi connectivity index (χ2v) is 4.81. The minimum Gasteiger partial charge on any atom is -0.481 e. The van der Waals surface area contributed by atoms with Crippen LogP contribution in [0.4, 0.5) is 0 Å². The molecule has 0 radical (unpaired) electrons. The molecule has 0 saturated carbocycles. The number of aliphatic carboxylic acids is 1. The summed E-state index contributed by atoms with van der Waals surface area (Å²) in [6.07, 6.45) is 0.0112. The molecule has 0 heterocycles. The maximum absolute atomic E-state index is 10.6. The first-order valence-corrected chi connectivity index (χ1v) is 4.06. The Bertz CT molecular complexity index is 157. The van der Waals surface area contributed by atoms with E-state index in [9.17, 15) is 9.59 Å². The SMILES string of the molecule is CC(=O)SC(C)(C)CC(=O)O. The molecule has 0 aliphatic carbocycles. The lowest BCUT2D eigenvalue weighted by atomic mass is 10.1. The Kier molecular flexibility index (Phi) is 3.58. The Morgan fingerprint density at radius 2 is 1.91 bits per heavy atom. The van der Waals surface area contributed by atoms with Crippen LogP contribution in [-0.4, -0.2) is 20.9 Å². The van der Waals surface area contributed by atoms with Gasteiger partial charge in [0.1, 0.15) is 0 Å². The highest BCUT2D eigenvalue weighted by atomic mass is 32.2. The number of hydrogen-bond donors (Lipinski definition) is 1. The van der Waals surface area contributed by atoms with Crippen LogP contribution in [0.3, 0.4) is 0 Å². The van der Waals surface area contributed by atoms with Gasteiger partial charge in [-0.1, -0.05) is 11.8 Å². The van der Waals surface area contributed by atoms with E-state index >= 15 is 0 Å². The topological polar surface area (TPSA) is 54.4 Å². The van der Waals surface area contributed by atoms with Gasteiger partial charge < -0.3 is 5.11 Å². The van der Waals surface area contributed by atoms with Gasteiger partial charge >= 0.3 is 5.97 Å². The van der Waals surface area contributed by atoms with Gasteiger partial charge in [0.2, 0.25) is 0 Å². The van der Waals surface area contributed by atoms with Crippen LogP contribution in [0.5, 0.6) is 0 Å². The van der Waals surface area contributed by atoms with Crippen molar-refractivity contribution in [3.05, 3.63) is 0 Å². The Morgan fingerprint density at radius 1 is 1.45 bits per heavy atom. The lowest BCUT2D eigenvalue weighted by molar-refractivity contribution is -0.137. The van der Waals surface area contributed by atoms with E-state index in [2.05, 4.69) is 0 Å². The summed E-state index contributed by atoms with van der Waals surface area (Å²) >= 11 is 1.07. The summed E-state index contributed by atoms with van der Waals surface area (Å²) in [6, 6.07) is 0. The van der Waals surface area contributed by atoms with Gasteiger partial charge in [-0.15, -0.1) is 0 Å². The van der Waals surface area contributed by atoms with Crippen molar-refractivity contribution in [2.24, 2.45) is 0 Å². The fraction of sp³-hybridized carbons (Fsp3) is 0.714. The lowest BCUT2D eigenvalue weighted by Crippen LogP contribution is -2.21. The molecule has 0 spiro atoms. The number of carbonyl (C=O) groups is 2. The molecule has 0 aliphatic heterocycles. The molecule has 0 atom stereocenters. The van der Waals surface area contributed by atoms with E-state index in [1.165, 1.54) is 6.92 Å². The third-order valence-corrected chi connectivity index (χ3v) is 1.98. The Labute approximate surface area is 70.2 Å². The third kappa shape index (κ3) is 5.91. The monoisotopic (exact) mass is 176 g/mol. The molecule has 0 bridgehead atoms. The molecule has 0 unspecified atom stereocenters. The van der Waals surface area contributed by atoms with Gasteiger partial charge in [-0.05, 0) is 13.8 Å². The lowest BCUT2D eigenvalue weighted by Gasteiger charge is -2.18. The number of rotatable bonds is 3. The van der Waals surface area contributed by atoms with Gasteiger partial charge in [-0.3, -0.25) is 9.59 Å². The zero-order chi connectivity index (χ0) is 9.07. The Morgan fingerprint density at radius 3 is 2.18 bits per heavy atom. The van der Waals surface area contributed by atoms with Crippen molar-refractivity contribution < 1.29 is 14.7 Å². The average Bonchev–Trinajstić information content (AvgIpc) is 1.53. The molecule has 0 rings (SSSR count). The van der Waals surface area contributed by atoms with Crippen LogP contribution in [0.1, 0.15) is 27.2 Å². The quantitative estimate of drug-likeness (QED) is 0.708. The Hall–Kier alpha value is -0.510. The minimum absolute atomic E-state index is 0.0112. The van der Waals surface area contributed by atoms with Crippen LogP contribution in [0.25, 0.3) is 0 Å². The largest absolute Gasteiger partial charge is 0.481 e. The predicted molar refractivity (Wildman–Crippen MR) is 44.6 cm³/mol. The van der Waals surface area contributed by atoms with E-state index in [0.29, 0.717) is 0 Å². The molecule has 0 aromatic rings. The fourth-order valence-corrected chi connectivity index (χ4v) is 1.76. The van der Waals surface area contributed by atoms with E-state index in [1.807, 2.05) is 0 Å². The van der Waals surface area contributed by atoms with Crippen molar-refractivity contribution in [3.63, 3.8) is 0 Å². The standard InChI is InChI=1S/C7H12O3S/c1-5(8)11-7(2,3)4-6(9)10/h4H2,1-3H3,(H,9,10). The number of hydrogen-bond acceptors (Lipinski definition) is 3. The summed E-state index contributed by atoms with van der Waals surface area (Å²) in [5.41, 5.74) is 0. The van der Waals surface area contributed by atoms with Gasteiger partial charge in [-0.25, -0.2) is 0 Å². The highest BCUT2D eigenvalue weighted by molar-refractivity contribution is 8.14. The van der Waals surface area contributed by atoms with Crippen LogP contribution in [-0.2, 0) is 9.59 Å². The van der Waals surface area contributed by atoms with Crippen LogP contribution in [0.15, 0.2) is 0 Å². The molecule has 4 heteroatoms. The summed E-state index contributed by atoms with van der Waals surface area (Å²) in [4.78, 5) is 20.9. The van der Waals surface area contributed by atoms with E-state index in [1.54, 1.807) is 13.8 Å². The van der Waals surface area contributed by atoms with Crippen molar-refractivity contribution in [2.75, 3.05) is 0 Å². The van der Waals surface area contributed by atoms with E-state index < -0.39 is 10.7 Å². The van der Waals surface area contributed by atoms with Gasteiger partial charge in [0.15, 0.2) is 5.12 Å². The number of thioether (sulfide) groups is 1. The summed E-state index contributed by atoms with van der Waals surface area (Å²) in [7, 11) is 0. The maximum Gasteiger partial charge on any atom is 0.304 e. The van der Waals surface area contributed by atoms with Crippen molar-refractivity contribution in [1.82, 2.24) is 0 Å². The van der Waals surface area contributed by atoms with E-state index in [0.717, 1.165) is 11.8 Å². The van der Waals surface area contributed by atoms with Crippen molar-refractivity contribution in [2.45, 2.75) is 31.9 Å². The first-order valence-electron chi connectivity index (χ1n) is 3.25. The zero-order valence-corrected chi connectivity index (χ0v) is 7.70. The first kappa shape index (κ1) is 10.5. The molecule has 0 aliphatic rings. The number of carboxylic acid groups (broad SMARTS) is 1. The summed E-state index contributed by atoms with van der Waals surface area (Å²) in [5.74, 6) is -0.872. The van der Waals surface area contributed by atoms with Gasteiger partial charge in [0.05, 0.1) is 6.42 Å². The molecule has 0 aromatic heterocycles. The summed E-state index contributed by atoms with van der Waals surface area (Å²) in [6.45, 7) is 4.93. The average molecular weight is 176 g/mol. The van der Waals surface area contributed by atoms with Crippen LogP contribution >= 0.6 is 11.8 Å². The minimum atomic E-state index is -0.872. The molecule has 1 N–H and O–H groups in total. The first-order chi connectivity index (χ1) is 4.83. The molecule has 0 amide bonds.